The van der Waals surface area contributed by atoms with Gasteiger partial charge >= 0.3 is 0 Å². The molecule has 1 aromatic carbocycles. The zero-order valence-corrected chi connectivity index (χ0v) is 12.6. The highest BCUT2D eigenvalue weighted by atomic mass is 16.3. The van der Waals surface area contributed by atoms with Crippen LogP contribution in [0.5, 0.6) is 0 Å². The van der Waals surface area contributed by atoms with E-state index in [1.165, 1.54) is 16.8 Å². The fraction of sp³-hybridized carbons (Fsp3) is 0.625. The van der Waals surface area contributed by atoms with E-state index in [-0.39, 0.29) is 12.6 Å². The molecule has 2 unspecified atom stereocenters. The van der Waals surface area contributed by atoms with Gasteiger partial charge in [0, 0.05) is 31.4 Å². The van der Waals surface area contributed by atoms with Gasteiger partial charge in [-0.15, -0.1) is 0 Å². The van der Waals surface area contributed by atoms with Crippen LogP contribution in [0.4, 0.5) is 5.69 Å². The second kappa shape index (κ2) is 5.93. The average Bonchev–Trinajstić information content (AvgIpc) is 2.51. The minimum Gasteiger partial charge on any atom is -0.395 e. The van der Waals surface area contributed by atoms with E-state index in [0.29, 0.717) is 5.92 Å². The molecule has 0 saturated carbocycles. The lowest BCUT2D eigenvalue weighted by Gasteiger charge is -2.29. The number of aliphatic hydroxyl groups is 1. The highest BCUT2D eigenvalue weighted by Gasteiger charge is 2.25. The van der Waals surface area contributed by atoms with Crippen LogP contribution in [0.3, 0.4) is 0 Å². The Hall–Kier alpha value is -1.06. The van der Waals surface area contributed by atoms with Crippen LogP contribution in [-0.2, 0) is 0 Å². The Morgan fingerprint density at radius 2 is 1.89 bits per heavy atom. The summed E-state index contributed by atoms with van der Waals surface area (Å²) in [5, 5.41) is 9.57. The predicted molar refractivity (Wildman–Crippen MR) is 80.8 cm³/mol. The summed E-state index contributed by atoms with van der Waals surface area (Å²) in [7, 11) is 2.11. The first-order chi connectivity index (χ1) is 9.01. The van der Waals surface area contributed by atoms with Crippen molar-refractivity contribution in [3.05, 3.63) is 29.3 Å². The third kappa shape index (κ3) is 3.28. The Morgan fingerprint density at radius 1 is 1.16 bits per heavy atom. The SMILES string of the molecule is Cc1ccc(N2CC(C)CN(C)C(CO)C2)cc1C. The number of benzene rings is 1. The predicted octanol–water partition coefficient (Wildman–Crippen LogP) is 2.05. The molecular weight excluding hydrogens is 236 g/mol. The summed E-state index contributed by atoms with van der Waals surface area (Å²) in [4.78, 5) is 4.70. The summed E-state index contributed by atoms with van der Waals surface area (Å²) < 4.78 is 0. The molecule has 3 heteroatoms. The molecule has 1 saturated heterocycles. The summed E-state index contributed by atoms with van der Waals surface area (Å²) in [6.07, 6.45) is 0. The van der Waals surface area contributed by atoms with Gasteiger partial charge in [0.15, 0.2) is 0 Å². The first-order valence-corrected chi connectivity index (χ1v) is 7.14. The van der Waals surface area contributed by atoms with Crippen LogP contribution in [0, 0.1) is 19.8 Å². The summed E-state index contributed by atoms with van der Waals surface area (Å²) in [5.41, 5.74) is 3.95. The number of hydrogen-bond acceptors (Lipinski definition) is 3. The van der Waals surface area contributed by atoms with Crippen molar-refractivity contribution in [3.8, 4) is 0 Å². The highest BCUT2D eigenvalue weighted by molar-refractivity contribution is 5.51. The van der Waals surface area contributed by atoms with Gasteiger partial charge in [-0.1, -0.05) is 13.0 Å². The van der Waals surface area contributed by atoms with E-state index in [1.54, 1.807) is 0 Å². The fourth-order valence-electron chi connectivity index (χ4n) is 2.87. The Labute approximate surface area is 116 Å². The molecule has 106 valence electrons. The largest absolute Gasteiger partial charge is 0.395 e. The molecule has 0 radical (unpaired) electrons. The minimum absolute atomic E-state index is 0.227. The van der Waals surface area contributed by atoms with Gasteiger partial charge in [-0.25, -0.2) is 0 Å². The minimum atomic E-state index is 0.227. The molecular formula is C16H26N2O. The lowest BCUT2D eigenvalue weighted by Crippen LogP contribution is -2.41. The van der Waals surface area contributed by atoms with E-state index < -0.39 is 0 Å². The molecule has 2 atom stereocenters. The Bertz CT molecular complexity index is 433. The fourth-order valence-corrected chi connectivity index (χ4v) is 2.87. The van der Waals surface area contributed by atoms with Gasteiger partial charge in [0.25, 0.3) is 0 Å². The van der Waals surface area contributed by atoms with E-state index in [9.17, 15) is 5.11 Å². The van der Waals surface area contributed by atoms with Crippen LogP contribution < -0.4 is 4.90 Å². The van der Waals surface area contributed by atoms with E-state index in [4.69, 9.17) is 0 Å². The number of hydrogen-bond donors (Lipinski definition) is 1. The van der Waals surface area contributed by atoms with Gasteiger partial charge in [-0.2, -0.15) is 0 Å². The van der Waals surface area contributed by atoms with Crippen LogP contribution in [0.25, 0.3) is 0 Å². The van der Waals surface area contributed by atoms with Crippen molar-refractivity contribution in [3.63, 3.8) is 0 Å². The van der Waals surface area contributed by atoms with E-state index in [1.807, 2.05) is 0 Å². The Kier molecular flexibility index (Phi) is 4.48. The van der Waals surface area contributed by atoms with Crippen LogP contribution in [0.15, 0.2) is 18.2 Å². The van der Waals surface area contributed by atoms with Crippen LogP contribution >= 0.6 is 0 Å². The third-order valence-electron chi connectivity index (χ3n) is 4.25. The zero-order chi connectivity index (χ0) is 14.0. The number of nitrogens with zero attached hydrogens (tertiary/aromatic N) is 2. The van der Waals surface area contributed by atoms with Crippen LogP contribution in [-0.4, -0.2) is 49.3 Å². The number of anilines is 1. The maximum atomic E-state index is 9.57. The second-order valence-corrected chi connectivity index (χ2v) is 6.05. The van der Waals surface area contributed by atoms with Crippen molar-refractivity contribution < 1.29 is 5.11 Å². The lowest BCUT2D eigenvalue weighted by molar-refractivity contribution is 0.151. The quantitative estimate of drug-likeness (QED) is 0.883. The number of likely N-dealkylation sites (N-methyl/N-ethyl adjacent to an activating group) is 1. The number of aliphatic hydroxyl groups excluding tert-OH is 1. The van der Waals surface area contributed by atoms with Crippen LogP contribution in [0.2, 0.25) is 0 Å². The van der Waals surface area contributed by atoms with Gasteiger partial charge in [-0.3, -0.25) is 4.90 Å². The third-order valence-corrected chi connectivity index (χ3v) is 4.25. The molecule has 1 heterocycles. The zero-order valence-electron chi connectivity index (χ0n) is 12.6. The van der Waals surface area contributed by atoms with Crippen molar-refractivity contribution in [1.82, 2.24) is 4.90 Å². The summed E-state index contributed by atoms with van der Waals surface area (Å²) in [6.45, 7) is 9.83. The highest BCUT2D eigenvalue weighted by Crippen LogP contribution is 2.23. The summed E-state index contributed by atoms with van der Waals surface area (Å²) in [6, 6.07) is 6.89. The summed E-state index contributed by atoms with van der Waals surface area (Å²) in [5.74, 6) is 0.614. The van der Waals surface area contributed by atoms with E-state index >= 15 is 0 Å². The van der Waals surface area contributed by atoms with E-state index in [0.717, 1.165) is 19.6 Å². The van der Waals surface area contributed by atoms with Gasteiger partial charge in [0.2, 0.25) is 0 Å². The molecule has 0 aromatic heterocycles. The maximum absolute atomic E-state index is 9.57. The first-order valence-electron chi connectivity index (χ1n) is 7.14. The number of rotatable bonds is 2. The molecule has 0 aliphatic carbocycles. The average molecular weight is 262 g/mol. The topological polar surface area (TPSA) is 26.7 Å². The summed E-state index contributed by atoms with van der Waals surface area (Å²) >= 11 is 0. The smallest absolute Gasteiger partial charge is 0.0604 e. The molecule has 0 amide bonds. The maximum Gasteiger partial charge on any atom is 0.0604 e. The lowest BCUT2D eigenvalue weighted by atomic mass is 10.1. The molecule has 1 N–H and O–H groups in total. The molecule has 19 heavy (non-hydrogen) atoms. The van der Waals surface area contributed by atoms with Gasteiger partial charge < -0.3 is 10.0 Å². The van der Waals surface area contributed by atoms with Gasteiger partial charge in [-0.05, 0) is 50.1 Å². The van der Waals surface area contributed by atoms with Crippen molar-refractivity contribution in [2.75, 3.05) is 38.2 Å². The molecule has 2 rings (SSSR count). The molecule has 1 aliphatic rings. The van der Waals surface area contributed by atoms with Gasteiger partial charge in [0.1, 0.15) is 0 Å². The monoisotopic (exact) mass is 262 g/mol. The van der Waals surface area contributed by atoms with Crippen molar-refractivity contribution >= 4 is 5.69 Å². The Morgan fingerprint density at radius 3 is 2.53 bits per heavy atom. The van der Waals surface area contributed by atoms with Crippen LogP contribution in [0.1, 0.15) is 18.1 Å². The van der Waals surface area contributed by atoms with E-state index in [2.05, 4.69) is 55.8 Å². The standard InChI is InChI=1S/C16H26N2O/c1-12-8-17(4)16(11-19)10-18(9-12)15-6-5-13(2)14(3)7-15/h5-7,12,16,19H,8-11H2,1-4H3. The van der Waals surface area contributed by atoms with Crippen molar-refractivity contribution in [1.29, 1.82) is 0 Å². The Balaban J connectivity index is 2.23. The molecule has 3 nitrogen and oxygen atoms in total. The molecule has 0 bridgehead atoms. The number of aryl methyl sites for hydroxylation is 2. The molecule has 1 aliphatic heterocycles. The second-order valence-electron chi connectivity index (χ2n) is 6.05. The normalized spacial score (nSPS) is 25.4. The van der Waals surface area contributed by atoms with Crippen molar-refractivity contribution in [2.24, 2.45) is 5.92 Å². The van der Waals surface area contributed by atoms with Crippen molar-refractivity contribution in [2.45, 2.75) is 26.8 Å². The molecule has 1 fully saturated rings. The van der Waals surface area contributed by atoms with Gasteiger partial charge in [0.05, 0.1) is 6.61 Å². The molecule has 0 spiro atoms. The molecule has 1 aromatic rings. The first kappa shape index (κ1) is 14.4.